The summed E-state index contributed by atoms with van der Waals surface area (Å²) in [5, 5.41) is 0. The molecule has 1 heterocycles. The summed E-state index contributed by atoms with van der Waals surface area (Å²) in [7, 11) is -1.01. The fourth-order valence-corrected chi connectivity index (χ4v) is 2.72. The van der Waals surface area contributed by atoms with Gasteiger partial charge < -0.3 is 4.90 Å². The molecule has 1 aromatic rings. The van der Waals surface area contributed by atoms with Crippen LogP contribution in [0.25, 0.3) is 0 Å². The third-order valence-corrected chi connectivity index (χ3v) is 3.82. The second-order valence-corrected chi connectivity index (χ2v) is 7.40. The van der Waals surface area contributed by atoms with Crippen LogP contribution in [0.4, 0.5) is 0 Å². The van der Waals surface area contributed by atoms with Crippen molar-refractivity contribution in [3.05, 3.63) is 15.5 Å². The van der Waals surface area contributed by atoms with E-state index in [1.807, 2.05) is 11.9 Å². The van der Waals surface area contributed by atoms with Crippen LogP contribution in [0.1, 0.15) is 4.88 Å². The van der Waals surface area contributed by atoms with Crippen molar-refractivity contribution in [1.82, 2.24) is 9.88 Å². The van der Waals surface area contributed by atoms with Crippen molar-refractivity contribution in [2.24, 2.45) is 0 Å². The normalized spacial score (nSPS) is 12.3. The Bertz CT molecular complexity index is 416. The molecule has 0 aliphatic rings. The molecule has 86 valence electrons. The lowest BCUT2D eigenvalue weighted by Gasteiger charge is -2.13. The van der Waals surface area contributed by atoms with Crippen molar-refractivity contribution in [1.29, 1.82) is 0 Å². The first-order valence-electron chi connectivity index (χ1n) is 4.33. The van der Waals surface area contributed by atoms with Crippen molar-refractivity contribution in [3.63, 3.8) is 0 Å². The Kier molecular flexibility index (Phi) is 4.51. The smallest absolute Gasteiger partial charge is 0.183 e. The summed E-state index contributed by atoms with van der Waals surface area (Å²) in [6, 6.07) is 0. The molecule has 0 amide bonds. The Morgan fingerprint density at radius 3 is 2.73 bits per heavy atom. The van der Waals surface area contributed by atoms with Crippen LogP contribution < -0.4 is 0 Å². The van der Waals surface area contributed by atoms with Crippen LogP contribution in [0, 0.1) is 0 Å². The van der Waals surface area contributed by atoms with Gasteiger partial charge in [0.05, 0.1) is 5.75 Å². The van der Waals surface area contributed by atoms with Crippen LogP contribution in [0.3, 0.4) is 0 Å². The summed E-state index contributed by atoms with van der Waals surface area (Å²) < 4.78 is 22.4. The molecule has 0 aliphatic carbocycles. The Hall–Kier alpha value is -0.170. The molecular weight excluding hydrogens is 256 g/mol. The van der Waals surface area contributed by atoms with Gasteiger partial charge in [0.1, 0.15) is 9.84 Å². The van der Waals surface area contributed by atoms with E-state index < -0.39 is 9.84 Å². The molecule has 0 bridgehead atoms. The van der Waals surface area contributed by atoms with Crippen LogP contribution in [-0.2, 0) is 16.4 Å². The second kappa shape index (κ2) is 5.25. The molecule has 0 unspecified atom stereocenters. The highest BCUT2D eigenvalue weighted by Crippen LogP contribution is 2.18. The van der Waals surface area contributed by atoms with Crippen molar-refractivity contribution < 1.29 is 8.42 Å². The number of halogens is 1. The summed E-state index contributed by atoms with van der Waals surface area (Å²) in [4.78, 5) is 6.89. The van der Waals surface area contributed by atoms with Gasteiger partial charge >= 0.3 is 0 Å². The highest BCUT2D eigenvalue weighted by Gasteiger charge is 2.07. The first kappa shape index (κ1) is 12.9. The molecule has 0 saturated carbocycles. The molecule has 0 saturated heterocycles. The van der Waals surface area contributed by atoms with E-state index in [1.165, 1.54) is 17.6 Å². The molecule has 0 atom stereocenters. The molecule has 4 nitrogen and oxygen atoms in total. The molecule has 0 fully saturated rings. The van der Waals surface area contributed by atoms with Gasteiger partial charge in [-0.05, 0) is 7.05 Å². The van der Waals surface area contributed by atoms with E-state index in [0.29, 0.717) is 17.6 Å². The van der Waals surface area contributed by atoms with Gasteiger partial charge in [-0.1, -0.05) is 11.6 Å². The molecule has 7 heteroatoms. The van der Waals surface area contributed by atoms with Gasteiger partial charge in [-0.15, -0.1) is 11.3 Å². The fraction of sp³-hybridized carbons (Fsp3) is 0.625. The van der Waals surface area contributed by atoms with Crippen molar-refractivity contribution in [2.45, 2.75) is 6.54 Å². The lowest BCUT2D eigenvalue weighted by molar-refractivity contribution is 0.349. The summed E-state index contributed by atoms with van der Waals surface area (Å²) >= 11 is 7.10. The minimum Gasteiger partial charge on any atom is -0.300 e. The maximum Gasteiger partial charge on any atom is 0.183 e. The van der Waals surface area contributed by atoms with Crippen molar-refractivity contribution in [2.75, 3.05) is 25.6 Å². The molecule has 0 N–H and O–H groups in total. The number of rotatable bonds is 5. The van der Waals surface area contributed by atoms with E-state index >= 15 is 0 Å². The van der Waals surface area contributed by atoms with Gasteiger partial charge in [-0.3, -0.25) is 0 Å². The maximum atomic E-state index is 10.9. The number of hydrogen-bond acceptors (Lipinski definition) is 5. The summed E-state index contributed by atoms with van der Waals surface area (Å²) in [6.45, 7) is 1.20. The van der Waals surface area contributed by atoms with Crippen LogP contribution in [0.2, 0.25) is 4.47 Å². The number of nitrogens with zero attached hydrogens (tertiary/aromatic N) is 2. The predicted molar refractivity (Wildman–Crippen MR) is 63.2 cm³/mol. The molecule has 0 radical (unpaired) electrons. The van der Waals surface area contributed by atoms with Crippen LogP contribution >= 0.6 is 22.9 Å². The van der Waals surface area contributed by atoms with Crippen molar-refractivity contribution >= 4 is 32.8 Å². The average Bonchev–Trinajstić information content (AvgIpc) is 2.47. The zero-order valence-electron chi connectivity index (χ0n) is 8.60. The average molecular weight is 269 g/mol. The van der Waals surface area contributed by atoms with Gasteiger partial charge in [0.15, 0.2) is 4.47 Å². The lowest BCUT2D eigenvalue weighted by Crippen LogP contribution is -2.24. The lowest BCUT2D eigenvalue weighted by atomic mass is 10.5. The summed E-state index contributed by atoms with van der Waals surface area (Å²) in [5.41, 5.74) is 0. The highest BCUT2D eigenvalue weighted by atomic mass is 35.5. The Morgan fingerprint density at radius 1 is 1.60 bits per heavy atom. The molecule has 0 aromatic carbocycles. The zero-order valence-corrected chi connectivity index (χ0v) is 11.0. The first-order chi connectivity index (χ1) is 6.87. The second-order valence-electron chi connectivity index (χ2n) is 3.45. The largest absolute Gasteiger partial charge is 0.300 e. The van der Waals surface area contributed by atoms with E-state index in [1.54, 1.807) is 6.20 Å². The van der Waals surface area contributed by atoms with Gasteiger partial charge in [-0.25, -0.2) is 13.4 Å². The predicted octanol–water partition coefficient (Wildman–Crippen LogP) is 1.27. The zero-order chi connectivity index (χ0) is 11.5. The number of aromatic nitrogens is 1. The molecule has 1 aromatic heterocycles. The minimum absolute atomic E-state index is 0.177. The molecule has 1 rings (SSSR count). The minimum atomic E-state index is -2.89. The van der Waals surface area contributed by atoms with Gasteiger partial charge in [0.2, 0.25) is 0 Å². The van der Waals surface area contributed by atoms with E-state index in [4.69, 9.17) is 11.6 Å². The topological polar surface area (TPSA) is 50.3 Å². The summed E-state index contributed by atoms with van der Waals surface area (Å²) in [5.74, 6) is 0.177. The van der Waals surface area contributed by atoms with E-state index in [2.05, 4.69) is 4.98 Å². The van der Waals surface area contributed by atoms with Gasteiger partial charge in [0.25, 0.3) is 0 Å². The number of hydrogen-bond donors (Lipinski definition) is 0. The van der Waals surface area contributed by atoms with Crippen LogP contribution in [-0.4, -0.2) is 43.9 Å². The van der Waals surface area contributed by atoms with Crippen LogP contribution in [0.15, 0.2) is 6.20 Å². The standard InChI is InChI=1S/C8H13ClN2O2S2/c1-11(3-4-15(2,12)13)6-7-5-10-8(9)14-7/h5H,3-4,6H2,1-2H3. The van der Waals surface area contributed by atoms with E-state index in [0.717, 1.165) is 4.88 Å². The quantitative estimate of drug-likeness (QED) is 0.807. The first-order valence-corrected chi connectivity index (χ1v) is 7.59. The van der Waals surface area contributed by atoms with Gasteiger partial charge in [-0.2, -0.15) is 0 Å². The van der Waals surface area contributed by atoms with E-state index in [9.17, 15) is 8.42 Å². The Labute approximate surface area is 98.8 Å². The van der Waals surface area contributed by atoms with E-state index in [-0.39, 0.29) is 5.75 Å². The fourth-order valence-electron chi connectivity index (χ4n) is 1.02. The highest BCUT2D eigenvalue weighted by molar-refractivity contribution is 7.90. The molecule has 0 spiro atoms. The number of thiazole rings is 1. The summed E-state index contributed by atoms with van der Waals surface area (Å²) in [6.07, 6.45) is 2.95. The maximum absolute atomic E-state index is 10.9. The van der Waals surface area contributed by atoms with Gasteiger partial charge in [0, 0.05) is 30.4 Å². The Balaban J connectivity index is 2.40. The molecular formula is C8H13ClN2O2S2. The molecule has 0 aliphatic heterocycles. The SMILES string of the molecule is CN(CCS(C)(=O)=O)Cc1cnc(Cl)s1. The Morgan fingerprint density at radius 2 is 2.27 bits per heavy atom. The molecule has 15 heavy (non-hydrogen) atoms. The third-order valence-electron chi connectivity index (χ3n) is 1.79. The van der Waals surface area contributed by atoms with Crippen LogP contribution in [0.5, 0.6) is 0 Å². The van der Waals surface area contributed by atoms with Crippen molar-refractivity contribution in [3.8, 4) is 0 Å². The monoisotopic (exact) mass is 268 g/mol. The number of sulfone groups is 1. The third kappa shape index (κ3) is 5.46.